The van der Waals surface area contributed by atoms with E-state index in [0.29, 0.717) is 45.2 Å². The molecule has 0 saturated heterocycles. The highest BCUT2D eigenvalue weighted by Crippen LogP contribution is 2.27. The van der Waals surface area contributed by atoms with E-state index in [-0.39, 0.29) is 0 Å². The van der Waals surface area contributed by atoms with Crippen molar-refractivity contribution >= 4 is 0 Å². The molecule has 0 aromatic heterocycles. The van der Waals surface area contributed by atoms with E-state index in [4.69, 9.17) is 18.9 Å². The molecule has 1 aliphatic carbocycles. The van der Waals surface area contributed by atoms with E-state index in [9.17, 15) is 0 Å². The van der Waals surface area contributed by atoms with Gasteiger partial charge in [0.1, 0.15) is 0 Å². The highest BCUT2D eigenvalue weighted by molar-refractivity contribution is 5.13. The van der Waals surface area contributed by atoms with Gasteiger partial charge in [0.2, 0.25) is 0 Å². The Labute approximate surface area is 121 Å². The predicted octanol–water partition coefficient (Wildman–Crippen LogP) is 2.41. The lowest BCUT2D eigenvalue weighted by atomic mass is 9.92. The van der Waals surface area contributed by atoms with Crippen LogP contribution in [0.1, 0.15) is 18.4 Å². The van der Waals surface area contributed by atoms with Crippen LogP contribution in [0.5, 0.6) is 0 Å². The van der Waals surface area contributed by atoms with Crippen molar-refractivity contribution in [1.29, 1.82) is 0 Å². The smallest absolute Gasteiger partial charge is 0.0720 e. The van der Waals surface area contributed by atoms with Crippen molar-refractivity contribution in [2.45, 2.75) is 31.7 Å². The van der Waals surface area contributed by atoms with Crippen LogP contribution in [0, 0.1) is 0 Å². The summed E-state index contributed by atoms with van der Waals surface area (Å²) in [4.78, 5) is 0. The average Bonchev–Trinajstić information content (AvgIpc) is 2.44. The lowest BCUT2D eigenvalue weighted by Gasteiger charge is -2.34. The van der Waals surface area contributed by atoms with Crippen LogP contribution in [0.3, 0.4) is 0 Å². The van der Waals surface area contributed by atoms with Gasteiger partial charge in [0.25, 0.3) is 0 Å². The molecule has 1 aromatic carbocycles. The lowest BCUT2D eigenvalue weighted by Crippen LogP contribution is -2.38. The molecule has 0 aliphatic heterocycles. The molecule has 1 saturated carbocycles. The zero-order chi connectivity index (χ0) is 14.0. The van der Waals surface area contributed by atoms with Crippen molar-refractivity contribution < 1.29 is 18.9 Å². The van der Waals surface area contributed by atoms with Gasteiger partial charge in [-0.1, -0.05) is 30.3 Å². The average molecular weight is 280 g/mol. The van der Waals surface area contributed by atoms with Crippen molar-refractivity contribution in [3.63, 3.8) is 0 Å². The van der Waals surface area contributed by atoms with E-state index in [2.05, 4.69) is 12.1 Å². The van der Waals surface area contributed by atoms with E-state index in [1.807, 2.05) is 18.2 Å². The third-order valence-corrected chi connectivity index (χ3v) is 3.39. The molecule has 0 amide bonds. The summed E-state index contributed by atoms with van der Waals surface area (Å²) in [5.74, 6) is 0. The summed E-state index contributed by atoms with van der Waals surface area (Å²) in [5.41, 5.74) is 1.23. The molecule has 1 aromatic rings. The van der Waals surface area contributed by atoms with Crippen LogP contribution in [-0.2, 0) is 25.6 Å². The fourth-order valence-electron chi connectivity index (χ4n) is 2.10. The molecule has 0 bridgehead atoms. The Balaban J connectivity index is 1.44. The molecule has 1 aliphatic rings. The maximum Gasteiger partial charge on any atom is 0.0720 e. The van der Waals surface area contributed by atoms with Gasteiger partial charge in [0.05, 0.1) is 45.2 Å². The SMILES string of the molecule is COCCOCCOC1CC(OCc2ccccc2)C1. The fraction of sp³-hybridized carbons (Fsp3) is 0.625. The predicted molar refractivity (Wildman–Crippen MR) is 76.7 cm³/mol. The molecular formula is C16H24O4. The second-order valence-corrected chi connectivity index (χ2v) is 4.99. The van der Waals surface area contributed by atoms with Crippen molar-refractivity contribution in [2.75, 3.05) is 33.5 Å². The molecule has 0 unspecified atom stereocenters. The van der Waals surface area contributed by atoms with Crippen LogP contribution >= 0.6 is 0 Å². The first-order valence-electron chi connectivity index (χ1n) is 7.22. The zero-order valence-corrected chi connectivity index (χ0v) is 12.1. The zero-order valence-electron chi connectivity index (χ0n) is 12.1. The minimum absolute atomic E-state index is 0.335. The molecule has 20 heavy (non-hydrogen) atoms. The number of benzene rings is 1. The molecule has 0 atom stereocenters. The number of hydrogen-bond acceptors (Lipinski definition) is 4. The van der Waals surface area contributed by atoms with E-state index >= 15 is 0 Å². The Morgan fingerprint density at radius 2 is 1.60 bits per heavy atom. The van der Waals surface area contributed by atoms with Crippen LogP contribution in [0.4, 0.5) is 0 Å². The third-order valence-electron chi connectivity index (χ3n) is 3.39. The monoisotopic (exact) mass is 280 g/mol. The molecule has 0 spiro atoms. The van der Waals surface area contributed by atoms with Crippen molar-refractivity contribution in [1.82, 2.24) is 0 Å². The van der Waals surface area contributed by atoms with Gasteiger partial charge in [-0.05, 0) is 18.4 Å². The number of ether oxygens (including phenoxy) is 4. The van der Waals surface area contributed by atoms with Crippen molar-refractivity contribution in [3.8, 4) is 0 Å². The summed E-state index contributed by atoms with van der Waals surface area (Å²) in [7, 11) is 1.67. The van der Waals surface area contributed by atoms with Crippen LogP contribution in [0.15, 0.2) is 30.3 Å². The molecule has 1 fully saturated rings. The molecule has 4 nitrogen and oxygen atoms in total. The minimum Gasteiger partial charge on any atom is -0.382 e. The van der Waals surface area contributed by atoms with Gasteiger partial charge in [-0.2, -0.15) is 0 Å². The molecular weight excluding hydrogens is 256 g/mol. The lowest BCUT2D eigenvalue weighted by molar-refractivity contribution is -0.115. The Bertz CT molecular complexity index is 349. The second kappa shape index (κ2) is 9.08. The molecule has 4 heteroatoms. The summed E-state index contributed by atoms with van der Waals surface area (Å²) < 4.78 is 21.8. The Kier molecular flexibility index (Phi) is 7.01. The van der Waals surface area contributed by atoms with Gasteiger partial charge in [0, 0.05) is 7.11 Å². The largest absolute Gasteiger partial charge is 0.382 e. The topological polar surface area (TPSA) is 36.9 Å². The van der Waals surface area contributed by atoms with E-state index in [1.54, 1.807) is 7.11 Å². The van der Waals surface area contributed by atoms with Crippen LogP contribution < -0.4 is 0 Å². The van der Waals surface area contributed by atoms with Crippen LogP contribution in [-0.4, -0.2) is 45.7 Å². The molecule has 0 heterocycles. The normalized spacial score (nSPS) is 21.6. The maximum atomic E-state index is 5.83. The summed E-state index contributed by atoms with van der Waals surface area (Å²) in [5, 5.41) is 0. The van der Waals surface area contributed by atoms with Crippen LogP contribution in [0.2, 0.25) is 0 Å². The summed E-state index contributed by atoms with van der Waals surface area (Å²) in [6.07, 6.45) is 2.66. The van der Waals surface area contributed by atoms with Gasteiger partial charge in [-0.3, -0.25) is 0 Å². The van der Waals surface area contributed by atoms with Gasteiger partial charge < -0.3 is 18.9 Å². The van der Waals surface area contributed by atoms with E-state index < -0.39 is 0 Å². The van der Waals surface area contributed by atoms with Gasteiger partial charge in [-0.15, -0.1) is 0 Å². The summed E-state index contributed by atoms with van der Waals surface area (Å²) in [6, 6.07) is 10.3. The Morgan fingerprint density at radius 3 is 2.35 bits per heavy atom. The van der Waals surface area contributed by atoms with Crippen molar-refractivity contribution in [3.05, 3.63) is 35.9 Å². The van der Waals surface area contributed by atoms with Crippen LogP contribution in [0.25, 0.3) is 0 Å². The molecule has 2 rings (SSSR count). The van der Waals surface area contributed by atoms with E-state index in [1.165, 1.54) is 5.56 Å². The fourth-order valence-corrected chi connectivity index (χ4v) is 2.10. The summed E-state index contributed by atoms with van der Waals surface area (Å²) >= 11 is 0. The van der Waals surface area contributed by atoms with E-state index in [0.717, 1.165) is 12.8 Å². The first-order valence-corrected chi connectivity index (χ1v) is 7.22. The highest BCUT2D eigenvalue weighted by atomic mass is 16.5. The Morgan fingerprint density at radius 1 is 0.900 bits per heavy atom. The minimum atomic E-state index is 0.335. The number of rotatable bonds is 10. The molecule has 112 valence electrons. The number of methoxy groups -OCH3 is 1. The highest BCUT2D eigenvalue weighted by Gasteiger charge is 2.30. The third kappa shape index (κ3) is 5.59. The quantitative estimate of drug-likeness (QED) is 0.617. The standard InChI is InChI=1S/C16H24O4/c1-17-7-8-18-9-10-19-15-11-16(12-15)20-13-14-5-3-2-4-6-14/h2-6,15-16H,7-13H2,1H3. The maximum absolute atomic E-state index is 5.83. The first kappa shape index (κ1) is 15.4. The van der Waals surface area contributed by atoms with Crippen molar-refractivity contribution in [2.24, 2.45) is 0 Å². The van der Waals surface area contributed by atoms with Gasteiger partial charge in [-0.25, -0.2) is 0 Å². The molecule has 0 radical (unpaired) electrons. The summed E-state index contributed by atoms with van der Waals surface area (Å²) in [6.45, 7) is 3.25. The number of hydrogen-bond donors (Lipinski definition) is 0. The first-order chi connectivity index (χ1) is 9.88. The van der Waals surface area contributed by atoms with Gasteiger partial charge >= 0.3 is 0 Å². The Hall–Kier alpha value is -0.940. The second-order valence-electron chi connectivity index (χ2n) is 4.99. The molecule has 0 N–H and O–H groups in total. The van der Waals surface area contributed by atoms with Gasteiger partial charge in [0.15, 0.2) is 0 Å².